The molecule has 0 saturated heterocycles. The maximum Gasteiger partial charge on any atom is 0.256 e. The Labute approximate surface area is 159 Å². The lowest BCUT2D eigenvalue weighted by Gasteiger charge is -2.05. The van der Waals surface area contributed by atoms with E-state index in [4.69, 9.17) is 23.2 Å². The highest BCUT2D eigenvalue weighted by Gasteiger charge is 2.17. The molecule has 0 aliphatic carbocycles. The molecule has 3 nitrogen and oxygen atoms in total. The highest BCUT2D eigenvalue weighted by atomic mass is 35.5. The molecule has 0 amide bonds. The van der Waals surface area contributed by atoms with Crippen molar-refractivity contribution < 1.29 is 14.7 Å². The maximum absolute atomic E-state index is 11.3. The third-order valence-corrected chi connectivity index (χ3v) is 4.33. The topological polar surface area (TPSA) is 54.4 Å². The van der Waals surface area contributed by atoms with Crippen LogP contribution in [0.5, 0.6) is 5.75 Å². The average molecular weight is 383 g/mol. The molecule has 0 saturated carbocycles. The summed E-state index contributed by atoms with van der Waals surface area (Å²) in [5.74, 6) is 5.42. The van der Waals surface area contributed by atoms with Gasteiger partial charge >= 0.3 is 0 Å². The van der Waals surface area contributed by atoms with Gasteiger partial charge in [-0.1, -0.05) is 63.7 Å². The first-order valence-corrected chi connectivity index (χ1v) is 9.48. The van der Waals surface area contributed by atoms with Gasteiger partial charge in [-0.25, -0.2) is 0 Å². The number of benzene rings is 1. The van der Waals surface area contributed by atoms with Gasteiger partial charge in [0.2, 0.25) is 0 Å². The molecular formula is C20H24Cl2O3. The molecule has 0 atom stereocenters. The van der Waals surface area contributed by atoms with Crippen LogP contribution in [0.1, 0.15) is 91.0 Å². The fourth-order valence-electron chi connectivity index (χ4n) is 2.52. The molecule has 0 aliphatic heterocycles. The summed E-state index contributed by atoms with van der Waals surface area (Å²) in [4.78, 5) is 22.7. The second kappa shape index (κ2) is 12.0. The van der Waals surface area contributed by atoms with E-state index in [0.29, 0.717) is 5.56 Å². The molecule has 1 N–H and O–H groups in total. The molecule has 0 heterocycles. The summed E-state index contributed by atoms with van der Waals surface area (Å²) >= 11 is 10.8. The minimum absolute atomic E-state index is 0.162. The van der Waals surface area contributed by atoms with Crippen molar-refractivity contribution in [2.75, 3.05) is 0 Å². The van der Waals surface area contributed by atoms with Gasteiger partial charge in [-0.3, -0.25) is 9.59 Å². The van der Waals surface area contributed by atoms with Gasteiger partial charge in [0.15, 0.2) is 0 Å². The van der Waals surface area contributed by atoms with Crippen molar-refractivity contribution in [3.63, 3.8) is 0 Å². The quantitative estimate of drug-likeness (QED) is 0.305. The Morgan fingerprint density at radius 3 is 1.88 bits per heavy atom. The fourth-order valence-corrected chi connectivity index (χ4v) is 2.81. The lowest BCUT2D eigenvalue weighted by Crippen LogP contribution is -1.98. The van der Waals surface area contributed by atoms with Crippen molar-refractivity contribution in [3.8, 4) is 17.6 Å². The number of hydrogen-bond acceptors (Lipinski definition) is 3. The normalized spacial score (nSPS) is 10.2. The SMILES string of the molecule is CCCCCCCCCCC#Cc1cc(C(=O)Cl)c(O)c(C(=O)Cl)c1. The number of carbonyl (C=O) groups is 2. The van der Waals surface area contributed by atoms with Crippen molar-refractivity contribution in [2.24, 2.45) is 0 Å². The van der Waals surface area contributed by atoms with Crippen molar-refractivity contribution in [1.29, 1.82) is 0 Å². The van der Waals surface area contributed by atoms with Crippen LogP contribution >= 0.6 is 23.2 Å². The molecule has 1 rings (SSSR count). The van der Waals surface area contributed by atoms with E-state index in [2.05, 4.69) is 18.8 Å². The molecule has 0 unspecified atom stereocenters. The van der Waals surface area contributed by atoms with Crippen LogP contribution in [0.2, 0.25) is 0 Å². The number of halogens is 2. The number of rotatable bonds is 10. The molecule has 0 aromatic heterocycles. The van der Waals surface area contributed by atoms with Gasteiger partial charge in [-0.15, -0.1) is 0 Å². The zero-order chi connectivity index (χ0) is 18.7. The lowest BCUT2D eigenvalue weighted by molar-refractivity contribution is 0.107. The number of hydrogen-bond donors (Lipinski definition) is 1. The van der Waals surface area contributed by atoms with Gasteiger partial charge in [-0.2, -0.15) is 0 Å². The van der Waals surface area contributed by atoms with E-state index in [1.54, 1.807) is 0 Å². The van der Waals surface area contributed by atoms with Gasteiger partial charge < -0.3 is 5.11 Å². The number of aromatic hydroxyl groups is 1. The van der Waals surface area contributed by atoms with Crippen molar-refractivity contribution in [3.05, 3.63) is 28.8 Å². The number of carbonyl (C=O) groups excluding carboxylic acids is 2. The Morgan fingerprint density at radius 1 is 0.920 bits per heavy atom. The zero-order valence-electron chi connectivity index (χ0n) is 14.5. The summed E-state index contributed by atoms with van der Waals surface area (Å²) in [6, 6.07) is 2.74. The van der Waals surface area contributed by atoms with Crippen molar-refractivity contribution in [2.45, 2.75) is 64.7 Å². The van der Waals surface area contributed by atoms with Crippen LogP contribution in [0, 0.1) is 11.8 Å². The maximum atomic E-state index is 11.3. The predicted molar refractivity (Wildman–Crippen MR) is 103 cm³/mol. The Balaban J connectivity index is 2.53. The molecular weight excluding hydrogens is 359 g/mol. The molecule has 0 fully saturated rings. The molecule has 25 heavy (non-hydrogen) atoms. The van der Waals surface area contributed by atoms with E-state index in [9.17, 15) is 14.7 Å². The smallest absolute Gasteiger partial charge is 0.256 e. The predicted octanol–water partition coefficient (Wildman–Crippen LogP) is 6.03. The van der Waals surface area contributed by atoms with Gasteiger partial charge in [0.1, 0.15) is 5.75 Å². The molecule has 1 aromatic carbocycles. The standard InChI is InChI=1S/C20H24Cl2O3/c1-2-3-4-5-6-7-8-9-10-11-12-15-13-16(19(21)24)18(23)17(14-15)20(22)25/h13-14,23H,2-10H2,1H3. The molecule has 0 radical (unpaired) electrons. The van der Waals surface area contributed by atoms with Crippen molar-refractivity contribution >= 4 is 33.7 Å². The van der Waals surface area contributed by atoms with Crippen LogP contribution in [0.3, 0.4) is 0 Å². The van der Waals surface area contributed by atoms with Crippen LogP contribution in [-0.2, 0) is 0 Å². The minimum atomic E-state index is -0.858. The number of phenols is 1. The van der Waals surface area contributed by atoms with Crippen LogP contribution in [-0.4, -0.2) is 15.6 Å². The second-order valence-electron chi connectivity index (χ2n) is 5.99. The van der Waals surface area contributed by atoms with E-state index in [1.807, 2.05) is 0 Å². The summed E-state index contributed by atoms with van der Waals surface area (Å²) in [5.41, 5.74) is 0.111. The van der Waals surface area contributed by atoms with Crippen LogP contribution < -0.4 is 0 Å². The average Bonchev–Trinajstić information content (AvgIpc) is 2.57. The van der Waals surface area contributed by atoms with Crippen LogP contribution in [0.25, 0.3) is 0 Å². The first kappa shape index (κ1) is 21.5. The largest absolute Gasteiger partial charge is 0.506 e. The Kier molecular flexibility index (Phi) is 10.3. The summed E-state index contributed by atoms with van der Waals surface area (Å²) in [6.07, 6.45) is 10.6. The molecule has 136 valence electrons. The summed E-state index contributed by atoms with van der Waals surface area (Å²) in [5, 5.41) is 8.13. The van der Waals surface area contributed by atoms with Crippen LogP contribution in [0.4, 0.5) is 0 Å². The van der Waals surface area contributed by atoms with E-state index in [0.717, 1.165) is 19.3 Å². The third kappa shape index (κ3) is 7.94. The molecule has 0 aliphatic rings. The molecule has 1 aromatic rings. The first-order valence-electron chi connectivity index (χ1n) is 8.73. The number of unbranched alkanes of at least 4 members (excludes halogenated alkanes) is 8. The number of phenolic OH excluding ortho intramolecular Hbond substituents is 1. The third-order valence-electron chi connectivity index (χ3n) is 3.92. The Morgan fingerprint density at radius 2 is 1.40 bits per heavy atom. The van der Waals surface area contributed by atoms with Crippen LogP contribution in [0.15, 0.2) is 12.1 Å². The highest BCUT2D eigenvalue weighted by Crippen LogP contribution is 2.27. The fraction of sp³-hybridized carbons (Fsp3) is 0.500. The summed E-state index contributed by atoms with van der Waals surface area (Å²) in [7, 11) is 0. The minimum Gasteiger partial charge on any atom is -0.506 e. The monoisotopic (exact) mass is 382 g/mol. The first-order chi connectivity index (χ1) is 12.0. The highest BCUT2D eigenvalue weighted by molar-refractivity contribution is 6.69. The van der Waals surface area contributed by atoms with Gasteiger partial charge in [0, 0.05) is 12.0 Å². The van der Waals surface area contributed by atoms with E-state index in [-0.39, 0.29) is 11.1 Å². The molecule has 0 spiro atoms. The second-order valence-corrected chi connectivity index (χ2v) is 6.68. The lowest BCUT2D eigenvalue weighted by atomic mass is 10.0. The van der Waals surface area contributed by atoms with E-state index >= 15 is 0 Å². The van der Waals surface area contributed by atoms with Crippen molar-refractivity contribution in [1.82, 2.24) is 0 Å². The Hall–Kier alpha value is -1.50. The van der Waals surface area contributed by atoms with Gasteiger partial charge in [0.05, 0.1) is 11.1 Å². The zero-order valence-corrected chi connectivity index (χ0v) is 16.1. The van der Waals surface area contributed by atoms with E-state index in [1.165, 1.54) is 50.7 Å². The molecule has 5 heteroatoms. The summed E-state index contributed by atoms with van der Waals surface area (Å²) in [6.45, 7) is 2.21. The Bertz CT molecular complexity index is 622. The van der Waals surface area contributed by atoms with Gasteiger partial charge in [-0.05, 0) is 41.8 Å². The summed E-state index contributed by atoms with van der Waals surface area (Å²) < 4.78 is 0. The van der Waals surface area contributed by atoms with Gasteiger partial charge in [0.25, 0.3) is 10.5 Å². The van der Waals surface area contributed by atoms with E-state index < -0.39 is 16.2 Å². The molecule has 0 bridgehead atoms.